The van der Waals surface area contributed by atoms with Gasteiger partial charge in [-0.25, -0.2) is 13.1 Å². The molecule has 0 aromatic heterocycles. The molecule has 0 aliphatic heterocycles. The highest BCUT2D eigenvalue weighted by Crippen LogP contribution is 2.24. The van der Waals surface area contributed by atoms with Gasteiger partial charge in [0.05, 0.1) is 6.26 Å². The second-order valence-electron chi connectivity index (χ2n) is 4.31. The van der Waals surface area contributed by atoms with E-state index < -0.39 is 10.0 Å². The summed E-state index contributed by atoms with van der Waals surface area (Å²) in [6.07, 6.45) is 1.14. The van der Waals surface area contributed by atoms with Crippen LogP contribution in [0, 0.1) is 11.8 Å². The van der Waals surface area contributed by atoms with Gasteiger partial charge < -0.3 is 4.90 Å². The van der Waals surface area contributed by atoms with Crippen LogP contribution in [-0.2, 0) is 10.0 Å². The Balaban J connectivity index is 2.74. The molecule has 0 bridgehead atoms. The first kappa shape index (κ1) is 15.6. The molecular weight excluding hydrogens is 266 g/mol. The highest BCUT2D eigenvalue weighted by atomic mass is 32.2. The molecule has 0 atom stereocenters. The Morgan fingerprint density at radius 3 is 2.53 bits per heavy atom. The highest BCUT2D eigenvalue weighted by molar-refractivity contribution is 7.88. The molecule has 1 N–H and O–H groups in total. The number of likely N-dealkylation sites (N-methyl/N-ethyl adjacent to an activating group) is 1. The monoisotopic (exact) mass is 285 g/mol. The quantitative estimate of drug-likeness (QED) is 0.774. The van der Waals surface area contributed by atoms with Crippen molar-refractivity contribution < 1.29 is 8.42 Å². The number of sulfonamides is 1. The molecule has 19 heavy (non-hydrogen) atoms. The Hall–Kier alpha value is -1.47. The molecular formula is C12H19N3O3S. The molecule has 0 saturated heterocycles. The van der Waals surface area contributed by atoms with Crippen molar-refractivity contribution >= 4 is 21.4 Å². The number of nitrogens with one attached hydrogen (secondary N) is 1. The lowest BCUT2D eigenvalue weighted by Crippen LogP contribution is -2.34. The van der Waals surface area contributed by atoms with Gasteiger partial charge in [-0.1, -0.05) is 0 Å². The highest BCUT2D eigenvalue weighted by Gasteiger charge is 2.08. The largest absolute Gasteiger partial charge is 0.370 e. The predicted molar refractivity (Wildman–Crippen MR) is 77.4 cm³/mol. The first-order valence-electron chi connectivity index (χ1n) is 6.01. The molecule has 0 spiro atoms. The summed E-state index contributed by atoms with van der Waals surface area (Å²) < 4.78 is 24.5. The molecule has 1 aromatic carbocycles. The van der Waals surface area contributed by atoms with Crippen molar-refractivity contribution in [1.82, 2.24) is 4.72 Å². The Morgan fingerprint density at radius 2 is 2.05 bits per heavy atom. The van der Waals surface area contributed by atoms with Crippen LogP contribution in [0.1, 0.15) is 12.5 Å². The summed E-state index contributed by atoms with van der Waals surface area (Å²) >= 11 is 0. The molecule has 0 fully saturated rings. The number of benzene rings is 1. The second-order valence-corrected chi connectivity index (χ2v) is 6.14. The van der Waals surface area contributed by atoms with Crippen molar-refractivity contribution in [3.05, 3.63) is 28.7 Å². The lowest BCUT2D eigenvalue weighted by Gasteiger charge is -2.23. The lowest BCUT2D eigenvalue weighted by atomic mass is 10.1. The van der Waals surface area contributed by atoms with Crippen LogP contribution < -0.4 is 9.62 Å². The molecule has 0 aliphatic rings. The minimum absolute atomic E-state index is 0.347. The van der Waals surface area contributed by atoms with Gasteiger partial charge in [-0.05, 0) is 42.8 Å². The molecule has 0 amide bonds. The first-order chi connectivity index (χ1) is 8.87. The summed E-state index contributed by atoms with van der Waals surface area (Å²) in [5.74, 6) is 0. The first-order valence-corrected chi connectivity index (χ1v) is 7.90. The molecule has 1 rings (SSSR count). The van der Waals surface area contributed by atoms with Crippen LogP contribution in [0.15, 0.2) is 23.4 Å². The summed E-state index contributed by atoms with van der Waals surface area (Å²) in [7, 11) is -3.16. The zero-order chi connectivity index (χ0) is 14.5. The molecule has 6 nitrogen and oxygen atoms in total. The number of nitroso groups, excluding NO2 is 1. The van der Waals surface area contributed by atoms with Gasteiger partial charge in [0, 0.05) is 25.3 Å². The van der Waals surface area contributed by atoms with Gasteiger partial charge in [-0.2, -0.15) is 0 Å². The Morgan fingerprint density at radius 1 is 1.37 bits per heavy atom. The van der Waals surface area contributed by atoms with E-state index in [-0.39, 0.29) is 0 Å². The van der Waals surface area contributed by atoms with Crippen molar-refractivity contribution in [1.29, 1.82) is 0 Å². The van der Waals surface area contributed by atoms with E-state index in [9.17, 15) is 13.3 Å². The van der Waals surface area contributed by atoms with Crippen LogP contribution in [0.4, 0.5) is 11.4 Å². The van der Waals surface area contributed by atoms with Crippen LogP contribution in [0.5, 0.6) is 0 Å². The standard InChI is InChI=1S/C12H19N3O3S/c1-4-15(8-7-13-19(3,17)18)11-5-6-12(14-16)10(2)9-11/h5-6,9,13H,4,7-8H2,1-3H3. The summed E-state index contributed by atoms with van der Waals surface area (Å²) in [5, 5.41) is 2.93. The van der Waals surface area contributed by atoms with Crippen LogP contribution in [0.25, 0.3) is 0 Å². The third-order valence-electron chi connectivity index (χ3n) is 2.77. The number of anilines is 1. The van der Waals surface area contributed by atoms with Crippen molar-refractivity contribution in [3.8, 4) is 0 Å². The predicted octanol–water partition coefficient (Wildman–Crippen LogP) is 1.77. The van der Waals surface area contributed by atoms with E-state index in [0.29, 0.717) is 18.8 Å². The van der Waals surface area contributed by atoms with Crippen LogP contribution in [0.2, 0.25) is 0 Å². The van der Waals surface area contributed by atoms with Crippen LogP contribution >= 0.6 is 0 Å². The molecule has 0 unspecified atom stereocenters. The van der Waals surface area contributed by atoms with Crippen LogP contribution in [0.3, 0.4) is 0 Å². The maximum Gasteiger partial charge on any atom is 0.208 e. The fourth-order valence-electron chi connectivity index (χ4n) is 1.77. The van der Waals surface area contributed by atoms with Gasteiger partial charge >= 0.3 is 0 Å². The van der Waals surface area contributed by atoms with E-state index in [1.165, 1.54) is 0 Å². The average Bonchev–Trinajstić information content (AvgIpc) is 2.33. The smallest absolute Gasteiger partial charge is 0.208 e. The molecule has 1 aromatic rings. The molecule has 0 heterocycles. The van der Waals surface area contributed by atoms with Crippen LogP contribution in [-0.4, -0.2) is 34.3 Å². The molecule has 106 valence electrons. The van der Waals surface area contributed by atoms with Gasteiger partial charge in [-0.3, -0.25) is 0 Å². The zero-order valence-electron chi connectivity index (χ0n) is 11.4. The van der Waals surface area contributed by atoms with Crippen molar-refractivity contribution in [2.24, 2.45) is 5.18 Å². The maximum atomic E-state index is 11.0. The zero-order valence-corrected chi connectivity index (χ0v) is 12.2. The molecule has 0 aliphatic carbocycles. The lowest BCUT2D eigenvalue weighted by molar-refractivity contribution is 0.587. The number of nitrogens with zero attached hydrogens (tertiary/aromatic N) is 2. The van der Waals surface area contributed by atoms with E-state index >= 15 is 0 Å². The van der Waals surface area contributed by atoms with Gasteiger partial charge in [0.2, 0.25) is 10.0 Å². The Kier molecular flexibility index (Phi) is 5.44. The molecule has 0 radical (unpaired) electrons. The summed E-state index contributed by atoms with van der Waals surface area (Å²) in [4.78, 5) is 12.5. The summed E-state index contributed by atoms with van der Waals surface area (Å²) in [6.45, 7) is 5.47. The third kappa shape index (κ3) is 4.96. The minimum Gasteiger partial charge on any atom is -0.370 e. The number of hydrogen-bond donors (Lipinski definition) is 1. The van der Waals surface area contributed by atoms with E-state index in [1.54, 1.807) is 6.07 Å². The van der Waals surface area contributed by atoms with Crippen molar-refractivity contribution in [2.45, 2.75) is 13.8 Å². The maximum absolute atomic E-state index is 11.0. The molecule has 7 heteroatoms. The van der Waals surface area contributed by atoms with Gasteiger partial charge in [0.15, 0.2) is 0 Å². The van der Waals surface area contributed by atoms with Crippen molar-refractivity contribution in [2.75, 3.05) is 30.8 Å². The summed E-state index contributed by atoms with van der Waals surface area (Å²) in [6, 6.07) is 5.36. The van der Waals surface area contributed by atoms with E-state index in [4.69, 9.17) is 0 Å². The molecule has 0 saturated carbocycles. The second kappa shape index (κ2) is 6.63. The fourth-order valence-corrected chi connectivity index (χ4v) is 2.24. The average molecular weight is 285 g/mol. The Bertz CT molecular complexity index is 543. The number of aryl methyl sites for hydroxylation is 1. The van der Waals surface area contributed by atoms with Gasteiger partial charge in [0.1, 0.15) is 5.69 Å². The number of hydrogen-bond acceptors (Lipinski definition) is 5. The van der Waals surface area contributed by atoms with Crippen molar-refractivity contribution in [3.63, 3.8) is 0 Å². The number of rotatable bonds is 7. The Labute approximate surface area is 113 Å². The fraction of sp³-hybridized carbons (Fsp3) is 0.500. The van der Waals surface area contributed by atoms with Gasteiger partial charge in [-0.15, -0.1) is 4.91 Å². The normalized spacial score (nSPS) is 11.3. The topological polar surface area (TPSA) is 78.8 Å². The van der Waals surface area contributed by atoms with Gasteiger partial charge in [0.25, 0.3) is 0 Å². The minimum atomic E-state index is -3.16. The third-order valence-corrected chi connectivity index (χ3v) is 3.50. The van der Waals surface area contributed by atoms with E-state index in [0.717, 1.165) is 24.1 Å². The van der Waals surface area contributed by atoms with E-state index in [2.05, 4.69) is 9.90 Å². The summed E-state index contributed by atoms with van der Waals surface area (Å²) in [5.41, 5.74) is 2.18. The van der Waals surface area contributed by atoms with E-state index in [1.807, 2.05) is 30.9 Å². The SMILES string of the molecule is CCN(CCNS(C)(=O)=O)c1ccc(N=O)c(C)c1.